The van der Waals surface area contributed by atoms with Crippen LogP contribution < -0.4 is 0 Å². The van der Waals surface area contributed by atoms with Gasteiger partial charge in [-0.25, -0.2) is 0 Å². The van der Waals surface area contributed by atoms with Crippen LogP contribution in [0, 0.1) is 40.9 Å². The minimum Gasteiger partial charge on any atom is -0.508 e. The standard InChI is InChI=1S/C31H43NO3/c1-8-30-17-24(29(6,34)27(2,3)4)28(5,35-7)23-16-21-22(33)12-11-20-15-25(30)32(18-19-9-10-19)14-13-31(23,30)26(20)21/h1,11-12,19,23-25,33-34H,9-10,13-18H2,2-7H3/t23-,24-,25+,28?,29-,30+,31+/m0/s1. The Bertz CT molecular complexity index is 1110. The number of ether oxygens (including phenoxy) is 1. The lowest BCUT2D eigenvalue weighted by Crippen LogP contribution is -2.77. The highest BCUT2D eigenvalue weighted by Gasteiger charge is 2.77. The summed E-state index contributed by atoms with van der Waals surface area (Å²) < 4.78 is 6.52. The van der Waals surface area contributed by atoms with Crippen LogP contribution in [0.4, 0.5) is 0 Å². The smallest absolute Gasteiger partial charge is 0.119 e. The van der Waals surface area contributed by atoms with Crippen LogP contribution in [-0.2, 0) is 23.0 Å². The van der Waals surface area contributed by atoms with Crippen LogP contribution in [-0.4, -0.2) is 52.6 Å². The third-order valence-corrected chi connectivity index (χ3v) is 11.8. The van der Waals surface area contributed by atoms with E-state index in [0.717, 1.165) is 50.3 Å². The number of rotatable bonds is 4. The van der Waals surface area contributed by atoms with Gasteiger partial charge in [0.1, 0.15) is 5.75 Å². The molecule has 5 aliphatic rings. The van der Waals surface area contributed by atoms with Gasteiger partial charge in [-0.1, -0.05) is 32.8 Å². The zero-order chi connectivity index (χ0) is 25.2. The molecule has 4 heteroatoms. The van der Waals surface area contributed by atoms with Gasteiger partial charge < -0.3 is 14.9 Å². The molecule has 7 atom stereocenters. The van der Waals surface area contributed by atoms with E-state index < -0.39 is 16.6 Å². The zero-order valence-electron chi connectivity index (χ0n) is 22.4. The molecule has 1 saturated heterocycles. The van der Waals surface area contributed by atoms with Crippen LogP contribution in [0.2, 0.25) is 0 Å². The van der Waals surface area contributed by atoms with Gasteiger partial charge >= 0.3 is 0 Å². The molecule has 1 heterocycles. The molecule has 2 N–H and O–H groups in total. The van der Waals surface area contributed by atoms with Crippen LogP contribution >= 0.6 is 0 Å². The first-order valence-corrected chi connectivity index (χ1v) is 13.7. The van der Waals surface area contributed by atoms with E-state index in [1.54, 1.807) is 0 Å². The van der Waals surface area contributed by atoms with Crippen molar-refractivity contribution in [2.75, 3.05) is 20.2 Å². The van der Waals surface area contributed by atoms with E-state index in [-0.39, 0.29) is 28.7 Å². The number of piperidine rings is 1. The number of phenols is 1. The van der Waals surface area contributed by atoms with Gasteiger partial charge in [-0.15, -0.1) is 6.42 Å². The molecule has 1 aliphatic heterocycles. The van der Waals surface area contributed by atoms with Gasteiger partial charge in [-0.2, -0.15) is 0 Å². The first kappa shape index (κ1) is 23.8. The fourth-order valence-corrected chi connectivity index (χ4v) is 9.30. The maximum absolute atomic E-state index is 12.2. The second-order valence-corrected chi connectivity index (χ2v) is 13.9. The molecule has 3 fully saturated rings. The molecule has 35 heavy (non-hydrogen) atoms. The number of terminal acetylenes is 1. The summed E-state index contributed by atoms with van der Waals surface area (Å²) in [5.41, 5.74) is 1.28. The number of phenolic OH excluding ortho intramolecular Hbond substituents is 1. The zero-order valence-corrected chi connectivity index (χ0v) is 22.4. The molecule has 6 rings (SSSR count). The van der Waals surface area contributed by atoms with E-state index in [1.165, 1.54) is 24.0 Å². The van der Waals surface area contributed by atoms with Crippen molar-refractivity contribution in [3.05, 3.63) is 28.8 Å². The van der Waals surface area contributed by atoms with Crippen LogP contribution in [0.5, 0.6) is 5.75 Å². The van der Waals surface area contributed by atoms with Gasteiger partial charge in [0.25, 0.3) is 0 Å². The highest BCUT2D eigenvalue weighted by atomic mass is 16.5. The maximum Gasteiger partial charge on any atom is 0.119 e. The topological polar surface area (TPSA) is 52.9 Å². The van der Waals surface area contributed by atoms with Crippen molar-refractivity contribution in [3.8, 4) is 18.1 Å². The number of nitrogens with zero attached hydrogens (tertiary/aromatic N) is 1. The normalized spacial score (nSPS) is 41.7. The fraction of sp³-hybridized carbons (Fsp3) is 0.742. The summed E-state index contributed by atoms with van der Waals surface area (Å²) in [4.78, 5) is 2.71. The van der Waals surface area contributed by atoms with Crippen molar-refractivity contribution in [3.63, 3.8) is 0 Å². The molecular formula is C31H43NO3. The van der Waals surface area contributed by atoms with Gasteiger partial charge in [-0.05, 0) is 93.0 Å². The van der Waals surface area contributed by atoms with Gasteiger partial charge in [0, 0.05) is 36.9 Å². The lowest BCUT2D eigenvalue weighted by Gasteiger charge is -2.71. The van der Waals surface area contributed by atoms with E-state index in [0.29, 0.717) is 5.75 Å². The summed E-state index contributed by atoms with van der Waals surface area (Å²) in [5, 5.41) is 23.3. The largest absolute Gasteiger partial charge is 0.508 e. The van der Waals surface area contributed by atoms with E-state index in [4.69, 9.17) is 11.2 Å². The van der Waals surface area contributed by atoms with Crippen molar-refractivity contribution in [1.29, 1.82) is 0 Å². The molecule has 190 valence electrons. The number of aliphatic hydroxyl groups is 1. The quantitative estimate of drug-likeness (QED) is 0.618. The molecule has 1 spiro atoms. The highest BCUT2D eigenvalue weighted by molar-refractivity contribution is 5.60. The van der Waals surface area contributed by atoms with Gasteiger partial charge in [0.05, 0.1) is 16.6 Å². The SMILES string of the molecule is C#C[C@]12C[C@H]([C@](C)(O)C(C)(C)C)C(C)(OC)[C@@H]3Cc4c(O)ccc5c4[C@@]31CCN(CC1CC1)[C@@H]2C5. The Morgan fingerprint density at radius 3 is 2.51 bits per heavy atom. The van der Waals surface area contributed by atoms with Gasteiger partial charge in [0.15, 0.2) is 0 Å². The van der Waals surface area contributed by atoms with E-state index in [2.05, 4.69) is 44.6 Å². The molecule has 0 radical (unpaired) electrons. The second kappa shape index (κ2) is 7.06. The number of hydrogen-bond acceptors (Lipinski definition) is 4. The first-order chi connectivity index (χ1) is 16.4. The summed E-state index contributed by atoms with van der Waals surface area (Å²) >= 11 is 0. The Morgan fingerprint density at radius 1 is 1.20 bits per heavy atom. The minimum atomic E-state index is -0.976. The molecule has 0 amide bonds. The van der Waals surface area contributed by atoms with Crippen LogP contribution in [0.3, 0.4) is 0 Å². The summed E-state index contributed by atoms with van der Waals surface area (Å²) in [5.74, 6) is 4.66. The molecule has 2 bridgehead atoms. The van der Waals surface area contributed by atoms with Crippen molar-refractivity contribution in [2.24, 2.45) is 28.6 Å². The third-order valence-electron chi connectivity index (χ3n) is 11.8. The lowest BCUT2D eigenvalue weighted by molar-refractivity contribution is -0.255. The monoisotopic (exact) mass is 477 g/mol. The van der Waals surface area contributed by atoms with Crippen molar-refractivity contribution < 1.29 is 14.9 Å². The summed E-state index contributed by atoms with van der Waals surface area (Å²) in [6, 6.07) is 4.32. The number of likely N-dealkylation sites (tertiary alicyclic amines) is 1. The van der Waals surface area contributed by atoms with Crippen molar-refractivity contribution in [1.82, 2.24) is 4.90 Å². The Morgan fingerprint density at radius 2 is 1.91 bits per heavy atom. The predicted octanol–water partition coefficient (Wildman–Crippen LogP) is 4.68. The van der Waals surface area contributed by atoms with Crippen molar-refractivity contribution in [2.45, 2.75) is 95.8 Å². The Hall–Kier alpha value is -1.54. The average Bonchev–Trinajstić information content (AvgIpc) is 3.54. The average molecular weight is 478 g/mol. The number of methoxy groups -OCH3 is 1. The van der Waals surface area contributed by atoms with Crippen LogP contribution in [0.1, 0.15) is 77.0 Å². The number of benzene rings is 1. The molecule has 4 aliphatic carbocycles. The molecular weight excluding hydrogens is 434 g/mol. The predicted molar refractivity (Wildman–Crippen MR) is 138 cm³/mol. The minimum absolute atomic E-state index is 0.108. The van der Waals surface area contributed by atoms with Crippen LogP contribution in [0.15, 0.2) is 12.1 Å². The summed E-state index contributed by atoms with van der Waals surface area (Å²) in [7, 11) is 1.82. The Kier molecular flexibility index (Phi) is 4.81. The third kappa shape index (κ3) is 2.71. The van der Waals surface area contributed by atoms with E-state index >= 15 is 0 Å². The molecule has 0 aromatic heterocycles. The molecule has 1 aromatic carbocycles. The van der Waals surface area contributed by atoms with Crippen LogP contribution in [0.25, 0.3) is 0 Å². The summed E-state index contributed by atoms with van der Waals surface area (Å²) in [6.07, 6.45) is 12.8. The molecule has 4 nitrogen and oxygen atoms in total. The molecule has 1 unspecified atom stereocenters. The fourth-order valence-electron chi connectivity index (χ4n) is 9.30. The highest BCUT2D eigenvalue weighted by Crippen LogP contribution is 2.74. The van der Waals surface area contributed by atoms with E-state index in [1.807, 2.05) is 20.1 Å². The van der Waals surface area contributed by atoms with Gasteiger partial charge in [-0.3, -0.25) is 4.90 Å². The summed E-state index contributed by atoms with van der Waals surface area (Å²) in [6.45, 7) is 12.8. The lowest BCUT2D eigenvalue weighted by atomic mass is 9.37. The number of aromatic hydroxyl groups is 1. The molecule has 1 aromatic rings. The number of hydrogen-bond donors (Lipinski definition) is 2. The second-order valence-electron chi connectivity index (χ2n) is 13.9. The van der Waals surface area contributed by atoms with Gasteiger partial charge in [0.2, 0.25) is 0 Å². The van der Waals surface area contributed by atoms with Crippen molar-refractivity contribution >= 4 is 0 Å². The first-order valence-electron chi connectivity index (χ1n) is 13.7. The Labute approximate surface area is 211 Å². The molecule has 2 saturated carbocycles. The maximum atomic E-state index is 12.2. The Balaban J connectivity index is 1.62. The van der Waals surface area contributed by atoms with E-state index in [9.17, 15) is 10.2 Å².